The van der Waals surface area contributed by atoms with E-state index in [0.29, 0.717) is 30.8 Å². The average molecular weight is 270 g/mol. The minimum atomic E-state index is -0.741. The van der Waals surface area contributed by atoms with E-state index < -0.39 is 5.97 Å². The highest BCUT2D eigenvalue weighted by Crippen LogP contribution is 2.28. The van der Waals surface area contributed by atoms with Crippen molar-refractivity contribution >= 4 is 12.0 Å². The highest BCUT2D eigenvalue weighted by molar-refractivity contribution is 5.74. The number of amides is 2. The van der Waals surface area contributed by atoms with E-state index in [4.69, 9.17) is 5.11 Å². The molecule has 3 N–H and O–H groups in total. The van der Waals surface area contributed by atoms with Crippen molar-refractivity contribution in [2.45, 2.75) is 58.4 Å². The summed E-state index contributed by atoms with van der Waals surface area (Å²) in [5.41, 5.74) is 0. The van der Waals surface area contributed by atoms with Gasteiger partial charge in [0.2, 0.25) is 0 Å². The zero-order chi connectivity index (χ0) is 14.3. The van der Waals surface area contributed by atoms with Crippen molar-refractivity contribution in [2.24, 2.45) is 11.8 Å². The number of hydrogen-bond donors (Lipinski definition) is 3. The first-order valence-corrected chi connectivity index (χ1v) is 7.29. The van der Waals surface area contributed by atoms with Gasteiger partial charge >= 0.3 is 12.0 Å². The van der Waals surface area contributed by atoms with Crippen LogP contribution in [0.4, 0.5) is 4.79 Å². The number of nitrogens with one attached hydrogen (secondary N) is 2. The Morgan fingerprint density at radius 2 is 2.00 bits per heavy atom. The summed E-state index contributed by atoms with van der Waals surface area (Å²) in [4.78, 5) is 22.1. The van der Waals surface area contributed by atoms with Crippen LogP contribution in [0.2, 0.25) is 0 Å². The van der Waals surface area contributed by atoms with Crippen molar-refractivity contribution in [2.75, 3.05) is 6.54 Å². The van der Waals surface area contributed by atoms with E-state index in [1.54, 1.807) is 0 Å². The van der Waals surface area contributed by atoms with Crippen molar-refractivity contribution < 1.29 is 14.7 Å². The molecule has 2 amide bonds. The van der Waals surface area contributed by atoms with Crippen LogP contribution in [0.5, 0.6) is 0 Å². The molecule has 0 aromatic carbocycles. The minimum Gasteiger partial charge on any atom is -0.481 e. The van der Waals surface area contributed by atoms with Gasteiger partial charge in [0.05, 0.1) is 0 Å². The molecule has 0 bridgehead atoms. The zero-order valence-corrected chi connectivity index (χ0v) is 11.9. The van der Waals surface area contributed by atoms with Gasteiger partial charge in [0.1, 0.15) is 0 Å². The second-order valence-electron chi connectivity index (χ2n) is 5.60. The summed E-state index contributed by atoms with van der Waals surface area (Å²) in [7, 11) is 0. The number of carbonyl (C=O) groups excluding carboxylic acids is 1. The maximum atomic E-state index is 11.5. The standard InChI is InChI=1S/C14H26N2O3/c1-3-4-11(5-6-13(17)18)7-8-15-14(19)16-12-9-10(12)2/h10-12H,3-9H2,1-2H3,(H,17,18)(H2,15,16,19). The molecular weight excluding hydrogens is 244 g/mol. The van der Waals surface area contributed by atoms with Crippen LogP contribution < -0.4 is 10.6 Å². The molecule has 5 heteroatoms. The van der Waals surface area contributed by atoms with E-state index in [9.17, 15) is 9.59 Å². The molecule has 1 saturated carbocycles. The smallest absolute Gasteiger partial charge is 0.315 e. The van der Waals surface area contributed by atoms with Gasteiger partial charge in [-0.15, -0.1) is 0 Å². The Morgan fingerprint density at radius 3 is 2.53 bits per heavy atom. The van der Waals surface area contributed by atoms with E-state index in [2.05, 4.69) is 24.5 Å². The van der Waals surface area contributed by atoms with Crippen LogP contribution in [0.15, 0.2) is 0 Å². The molecule has 1 aliphatic rings. The van der Waals surface area contributed by atoms with E-state index >= 15 is 0 Å². The first-order chi connectivity index (χ1) is 9.02. The highest BCUT2D eigenvalue weighted by atomic mass is 16.4. The zero-order valence-electron chi connectivity index (χ0n) is 11.9. The monoisotopic (exact) mass is 270 g/mol. The Morgan fingerprint density at radius 1 is 1.32 bits per heavy atom. The molecule has 3 atom stereocenters. The molecule has 1 rings (SSSR count). The van der Waals surface area contributed by atoms with E-state index in [-0.39, 0.29) is 12.5 Å². The fourth-order valence-corrected chi connectivity index (χ4v) is 2.30. The molecule has 0 aromatic rings. The number of carboxylic acids is 1. The number of rotatable bonds is 9. The summed E-state index contributed by atoms with van der Waals surface area (Å²) in [5, 5.41) is 14.5. The van der Waals surface area contributed by atoms with Crippen LogP contribution in [0.25, 0.3) is 0 Å². The lowest BCUT2D eigenvalue weighted by Crippen LogP contribution is -2.38. The minimum absolute atomic E-state index is 0.0946. The number of carboxylic acid groups (broad SMARTS) is 1. The van der Waals surface area contributed by atoms with Crippen molar-refractivity contribution in [3.05, 3.63) is 0 Å². The Balaban J connectivity index is 2.12. The van der Waals surface area contributed by atoms with Gasteiger partial charge in [-0.05, 0) is 31.1 Å². The summed E-state index contributed by atoms with van der Waals surface area (Å²) in [5.74, 6) is 0.255. The maximum Gasteiger partial charge on any atom is 0.315 e. The molecule has 0 spiro atoms. The van der Waals surface area contributed by atoms with Crippen molar-refractivity contribution in [1.82, 2.24) is 10.6 Å². The number of aliphatic carboxylic acids is 1. The molecule has 1 aliphatic carbocycles. The molecular formula is C14H26N2O3. The lowest BCUT2D eigenvalue weighted by atomic mass is 9.94. The van der Waals surface area contributed by atoms with E-state index in [0.717, 1.165) is 25.7 Å². The number of hydrogen-bond acceptors (Lipinski definition) is 2. The summed E-state index contributed by atoms with van der Waals surface area (Å²) in [6.07, 6.45) is 4.92. The molecule has 0 radical (unpaired) electrons. The number of urea groups is 1. The quantitative estimate of drug-likeness (QED) is 0.602. The summed E-state index contributed by atoms with van der Waals surface area (Å²) in [6, 6.07) is 0.251. The Labute approximate surface area is 115 Å². The average Bonchev–Trinajstić information content (AvgIpc) is 3.01. The fraction of sp³-hybridized carbons (Fsp3) is 0.857. The third-order valence-corrected chi connectivity index (χ3v) is 3.73. The summed E-state index contributed by atoms with van der Waals surface area (Å²) < 4.78 is 0. The molecule has 110 valence electrons. The first kappa shape index (κ1) is 15.8. The van der Waals surface area contributed by atoms with Gasteiger partial charge in [0.25, 0.3) is 0 Å². The summed E-state index contributed by atoms with van der Waals surface area (Å²) in [6.45, 7) is 4.84. The van der Waals surface area contributed by atoms with Crippen LogP contribution in [0, 0.1) is 11.8 Å². The second-order valence-corrected chi connectivity index (χ2v) is 5.60. The normalized spacial score (nSPS) is 22.6. The van der Waals surface area contributed by atoms with E-state index in [1.807, 2.05) is 0 Å². The van der Waals surface area contributed by atoms with Crippen LogP contribution in [0.1, 0.15) is 52.4 Å². The van der Waals surface area contributed by atoms with Crippen LogP contribution in [-0.4, -0.2) is 29.7 Å². The van der Waals surface area contributed by atoms with Gasteiger partial charge in [-0.1, -0.05) is 26.7 Å². The molecule has 0 heterocycles. The lowest BCUT2D eigenvalue weighted by Gasteiger charge is -2.15. The van der Waals surface area contributed by atoms with Gasteiger partial charge in [-0.3, -0.25) is 4.79 Å². The third kappa shape index (κ3) is 7.03. The first-order valence-electron chi connectivity index (χ1n) is 7.29. The molecule has 5 nitrogen and oxygen atoms in total. The fourth-order valence-electron chi connectivity index (χ4n) is 2.30. The van der Waals surface area contributed by atoms with Gasteiger partial charge < -0.3 is 15.7 Å². The second kappa shape index (κ2) is 8.02. The van der Waals surface area contributed by atoms with Crippen molar-refractivity contribution in [1.29, 1.82) is 0 Å². The predicted octanol–water partition coefficient (Wildman–Crippen LogP) is 2.37. The largest absolute Gasteiger partial charge is 0.481 e. The Kier molecular flexibility index (Phi) is 6.67. The maximum absolute atomic E-state index is 11.5. The van der Waals surface area contributed by atoms with Crippen LogP contribution in [0.3, 0.4) is 0 Å². The molecule has 0 saturated heterocycles. The molecule has 3 unspecified atom stereocenters. The summed E-state index contributed by atoms with van der Waals surface area (Å²) >= 11 is 0. The highest BCUT2D eigenvalue weighted by Gasteiger charge is 2.33. The van der Waals surface area contributed by atoms with Crippen molar-refractivity contribution in [3.8, 4) is 0 Å². The van der Waals surface area contributed by atoms with Crippen LogP contribution in [-0.2, 0) is 4.79 Å². The number of carbonyl (C=O) groups is 2. The van der Waals surface area contributed by atoms with Crippen LogP contribution >= 0.6 is 0 Å². The van der Waals surface area contributed by atoms with E-state index in [1.165, 1.54) is 0 Å². The Hall–Kier alpha value is -1.26. The predicted molar refractivity (Wildman–Crippen MR) is 74.0 cm³/mol. The molecule has 1 fully saturated rings. The van der Waals surface area contributed by atoms with Gasteiger partial charge in [0, 0.05) is 19.0 Å². The Bertz CT molecular complexity index is 307. The van der Waals surface area contributed by atoms with Gasteiger partial charge in [-0.2, -0.15) is 0 Å². The van der Waals surface area contributed by atoms with Gasteiger partial charge in [0.15, 0.2) is 0 Å². The molecule has 0 aliphatic heterocycles. The molecule has 19 heavy (non-hydrogen) atoms. The van der Waals surface area contributed by atoms with Crippen molar-refractivity contribution in [3.63, 3.8) is 0 Å². The van der Waals surface area contributed by atoms with Gasteiger partial charge in [-0.25, -0.2) is 4.79 Å². The molecule has 0 aromatic heterocycles. The topological polar surface area (TPSA) is 78.4 Å². The lowest BCUT2D eigenvalue weighted by molar-refractivity contribution is -0.137. The SMILES string of the molecule is CCCC(CCNC(=O)NC1CC1C)CCC(=O)O. The third-order valence-electron chi connectivity index (χ3n) is 3.73.